The lowest BCUT2D eigenvalue weighted by Gasteiger charge is -2.35. The van der Waals surface area contributed by atoms with E-state index in [-0.39, 0.29) is 26.0 Å². The van der Waals surface area contributed by atoms with E-state index in [1.165, 1.54) is 0 Å². The summed E-state index contributed by atoms with van der Waals surface area (Å²) >= 11 is 6.35. The molecule has 1 aromatic carbocycles. The Morgan fingerprint density at radius 3 is 2.74 bits per heavy atom. The van der Waals surface area contributed by atoms with E-state index in [2.05, 4.69) is 4.99 Å². The number of nitrogens with zero attached hydrogens (tertiary/aromatic N) is 1. The SMILES string of the molecule is CCOC(=O)C1C(COCCN)=NCC(C(=O)C=O)C1c1ccccc1Cl. The molecule has 8 heteroatoms. The van der Waals surface area contributed by atoms with Crippen molar-refractivity contribution in [2.24, 2.45) is 22.6 Å². The van der Waals surface area contributed by atoms with Gasteiger partial charge in [0.15, 0.2) is 6.29 Å². The van der Waals surface area contributed by atoms with E-state index in [1.54, 1.807) is 31.2 Å². The van der Waals surface area contributed by atoms with Crippen LogP contribution in [-0.4, -0.2) is 56.7 Å². The summed E-state index contributed by atoms with van der Waals surface area (Å²) in [5.74, 6) is -3.48. The normalized spacial score (nSPS) is 22.0. The summed E-state index contributed by atoms with van der Waals surface area (Å²) in [6.07, 6.45) is 0.266. The van der Waals surface area contributed by atoms with Gasteiger partial charge in [0.05, 0.1) is 31.5 Å². The number of Topliss-reactive ketones (excluding diaryl/α,β-unsaturated/α-hetero) is 1. The molecule has 0 fully saturated rings. The first-order valence-electron chi connectivity index (χ1n) is 8.76. The second kappa shape index (κ2) is 10.3. The number of ketones is 1. The van der Waals surface area contributed by atoms with Crippen LogP contribution in [0.15, 0.2) is 29.3 Å². The number of aliphatic imine (C=N–C) groups is 1. The van der Waals surface area contributed by atoms with Crippen LogP contribution in [0, 0.1) is 11.8 Å². The molecule has 0 amide bonds. The van der Waals surface area contributed by atoms with Crippen molar-refractivity contribution in [2.75, 3.05) is 32.9 Å². The monoisotopic (exact) mass is 394 g/mol. The van der Waals surface area contributed by atoms with Gasteiger partial charge in [-0.1, -0.05) is 29.8 Å². The number of nitrogens with two attached hydrogens (primary N) is 1. The molecular weight excluding hydrogens is 372 g/mol. The molecule has 27 heavy (non-hydrogen) atoms. The molecule has 1 aromatic rings. The van der Waals surface area contributed by atoms with Gasteiger partial charge >= 0.3 is 5.97 Å². The van der Waals surface area contributed by atoms with Crippen molar-refractivity contribution in [2.45, 2.75) is 12.8 Å². The van der Waals surface area contributed by atoms with Gasteiger partial charge in [0, 0.05) is 24.0 Å². The Balaban J connectivity index is 2.52. The summed E-state index contributed by atoms with van der Waals surface area (Å²) in [5.41, 5.74) is 6.51. The van der Waals surface area contributed by atoms with Gasteiger partial charge in [-0.15, -0.1) is 0 Å². The number of hydrogen-bond donors (Lipinski definition) is 1. The minimum absolute atomic E-state index is 0.0741. The molecule has 7 nitrogen and oxygen atoms in total. The third-order valence-electron chi connectivity index (χ3n) is 4.44. The topological polar surface area (TPSA) is 108 Å². The molecule has 1 aliphatic heterocycles. The molecule has 2 rings (SSSR count). The van der Waals surface area contributed by atoms with Crippen LogP contribution in [0.3, 0.4) is 0 Å². The highest BCUT2D eigenvalue weighted by molar-refractivity contribution is 6.32. The number of hydrogen-bond acceptors (Lipinski definition) is 7. The maximum atomic E-state index is 12.8. The average molecular weight is 395 g/mol. The van der Waals surface area contributed by atoms with Gasteiger partial charge in [-0.25, -0.2) is 0 Å². The number of rotatable bonds is 9. The zero-order valence-electron chi connectivity index (χ0n) is 15.1. The summed E-state index contributed by atoms with van der Waals surface area (Å²) < 4.78 is 10.7. The number of carbonyl (C=O) groups is 3. The molecule has 146 valence electrons. The molecule has 0 saturated heterocycles. The Labute approximate surface area is 162 Å². The molecule has 0 aliphatic carbocycles. The van der Waals surface area contributed by atoms with Crippen LogP contribution in [0.4, 0.5) is 0 Å². The first kappa shape index (κ1) is 21.2. The van der Waals surface area contributed by atoms with Crippen LogP contribution in [0.25, 0.3) is 0 Å². The van der Waals surface area contributed by atoms with Crippen LogP contribution >= 0.6 is 11.6 Å². The third-order valence-corrected chi connectivity index (χ3v) is 4.79. The van der Waals surface area contributed by atoms with Crippen molar-refractivity contribution < 1.29 is 23.9 Å². The van der Waals surface area contributed by atoms with Crippen LogP contribution in [0.5, 0.6) is 0 Å². The summed E-state index contributed by atoms with van der Waals surface area (Å²) in [6.45, 7) is 2.67. The highest BCUT2D eigenvalue weighted by Gasteiger charge is 2.45. The number of aldehydes is 1. The molecule has 0 aromatic heterocycles. The minimum atomic E-state index is -0.870. The Morgan fingerprint density at radius 1 is 1.37 bits per heavy atom. The first-order valence-corrected chi connectivity index (χ1v) is 9.14. The number of ether oxygens (including phenoxy) is 2. The summed E-state index contributed by atoms with van der Waals surface area (Å²) in [5, 5.41) is 0.407. The van der Waals surface area contributed by atoms with E-state index in [1.807, 2.05) is 0 Å². The maximum absolute atomic E-state index is 12.8. The number of esters is 1. The van der Waals surface area contributed by atoms with Crippen molar-refractivity contribution in [1.82, 2.24) is 0 Å². The van der Waals surface area contributed by atoms with Crippen LogP contribution in [-0.2, 0) is 23.9 Å². The third kappa shape index (κ3) is 5.00. The fourth-order valence-corrected chi connectivity index (χ4v) is 3.54. The molecule has 0 spiro atoms. The zero-order chi connectivity index (χ0) is 19.8. The molecule has 0 saturated carbocycles. The fraction of sp³-hybridized carbons (Fsp3) is 0.474. The second-order valence-electron chi connectivity index (χ2n) is 6.08. The van der Waals surface area contributed by atoms with Crippen LogP contribution in [0.2, 0.25) is 5.02 Å². The fourth-order valence-electron chi connectivity index (χ4n) is 3.27. The Morgan fingerprint density at radius 2 is 2.11 bits per heavy atom. The maximum Gasteiger partial charge on any atom is 0.315 e. The predicted octanol–water partition coefficient (Wildman–Crippen LogP) is 1.42. The Bertz CT molecular complexity index is 722. The first-order chi connectivity index (χ1) is 13.0. The molecule has 2 N–H and O–H groups in total. The van der Waals surface area contributed by atoms with Crippen molar-refractivity contribution >= 4 is 35.4 Å². The lowest BCUT2D eigenvalue weighted by molar-refractivity contribution is -0.147. The lowest BCUT2D eigenvalue weighted by atomic mass is 9.71. The van der Waals surface area contributed by atoms with Gasteiger partial charge < -0.3 is 15.2 Å². The molecule has 3 atom stereocenters. The lowest BCUT2D eigenvalue weighted by Crippen LogP contribution is -2.44. The molecule has 1 aliphatic rings. The summed E-state index contributed by atoms with van der Waals surface area (Å²) in [6, 6.07) is 6.94. The molecule has 1 heterocycles. The number of benzene rings is 1. The van der Waals surface area contributed by atoms with Crippen molar-refractivity contribution in [3.63, 3.8) is 0 Å². The highest BCUT2D eigenvalue weighted by atomic mass is 35.5. The minimum Gasteiger partial charge on any atom is -0.465 e. The Kier molecular flexibility index (Phi) is 8.09. The van der Waals surface area contributed by atoms with E-state index >= 15 is 0 Å². The van der Waals surface area contributed by atoms with Crippen molar-refractivity contribution in [1.29, 1.82) is 0 Å². The van der Waals surface area contributed by atoms with E-state index in [0.29, 0.717) is 29.4 Å². The van der Waals surface area contributed by atoms with E-state index in [9.17, 15) is 14.4 Å². The van der Waals surface area contributed by atoms with Crippen molar-refractivity contribution in [3.05, 3.63) is 34.9 Å². The molecule has 3 unspecified atom stereocenters. The highest BCUT2D eigenvalue weighted by Crippen LogP contribution is 2.41. The number of carbonyl (C=O) groups excluding carboxylic acids is 3. The van der Waals surface area contributed by atoms with Gasteiger partial charge in [-0.05, 0) is 18.6 Å². The van der Waals surface area contributed by atoms with Gasteiger partial charge in [0.2, 0.25) is 5.78 Å². The predicted molar refractivity (Wildman–Crippen MR) is 101 cm³/mol. The van der Waals surface area contributed by atoms with Crippen LogP contribution < -0.4 is 5.73 Å². The zero-order valence-corrected chi connectivity index (χ0v) is 15.9. The largest absolute Gasteiger partial charge is 0.465 e. The molecule has 0 radical (unpaired) electrons. The molecular formula is C19H23ClN2O5. The van der Waals surface area contributed by atoms with Gasteiger partial charge in [-0.2, -0.15) is 0 Å². The van der Waals surface area contributed by atoms with Gasteiger partial charge in [0.25, 0.3) is 0 Å². The van der Waals surface area contributed by atoms with E-state index in [0.717, 1.165) is 0 Å². The van der Waals surface area contributed by atoms with Gasteiger partial charge in [0.1, 0.15) is 5.92 Å². The van der Waals surface area contributed by atoms with Crippen LogP contribution in [0.1, 0.15) is 18.4 Å². The quantitative estimate of drug-likeness (QED) is 0.293. The second-order valence-corrected chi connectivity index (χ2v) is 6.48. The standard InChI is InChI=1S/C19H23ClN2O5/c1-2-27-19(25)18-15(11-26-8-7-21)22-9-13(16(24)10-23)17(18)12-5-3-4-6-14(12)20/h3-6,10,13,17-18H,2,7-9,11,21H2,1H3. The van der Waals surface area contributed by atoms with E-state index < -0.39 is 29.5 Å². The molecule has 0 bridgehead atoms. The average Bonchev–Trinajstić information content (AvgIpc) is 2.67. The summed E-state index contributed by atoms with van der Waals surface area (Å²) in [4.78, 5) is 40.6. The Hall–Kier alpha value is -2.09. The van der Waals surface area contributed by atoms with Crippen molar-refractivity contribution in [3.8, 4) is 0 Å². The van der Waals surface area contributed by atoms with E-state index in [4.69, 9.17) is 26.8 Å². The van der Waals surface area contributed by atoms with Gasteiger partial charge in [-0.3, -0.25) is 19.4 Å². The smallest absolute Gasteiger partial charge is 0.315 e. The number of halogens is 1. The summed E-state index contributed by atoms with van der Waals surface area (Å²) in [7, 11) is 0.